The normalized spacial score (nSPS) is 32.8. The highest BCUT2D eigenvalue weighted by atomic mass is 16.5. The zero-order valence-corrected chi connectivity index (χ0v) is 12.8. The maximum Gasteiger partial charge on any atom is 0.0809 e. The number of rotatable bonds is 6. The van der Waals surface area contributed by atoms with Crippen LogP contribution in [0.4, 0.5) is 0 Å². The van der Waals surface area contributed by atoms with Crippen LogP contribution in [0.15, 0.2) is 0 Å². The molecular formula is C15H29NO3. The van der Waals surface area contributed by atoms with Crippen LogP contribution in [0.25, 0.3) is 0 Å². The molecule has 0 amide bonds. The first-order valence-electron chi connectivity index (χ1n) is 7.52. The summed E-state index contributed by atoms with van der Waals surface area (Å²) in [5.74, 6) is 0. The Bertz CT molecular complexity index is 285. The molecule has 0 aromatic carbocycles. The van der Waals surface area contributed by atoms with E-state index < -0.39 is 0 Å². The lowest BCUT2D eigenvalue weighted by molar-refractivity contribution is -0.0702. The molecule has 2 aliphatic heterocycles. The van der Waals surface area contributed by atoms with Gasteiger partial charge in [-0.15, -0.1) is 0 Å². The summed E-state index contributed by atoms with van der Waals surface area (Å²) in [5.41, 5.74) is -0.127. The Kier molecular flexibility index (Phi) is 4.88. The maximum atomic E-state index is 6.06. The van der Waals surface area contributed by atoms with Gasteiger partial charge in [0.05, 0.1) is 30.5 Å². The Hall–Kier alpha value is -0.160. The van der Waals surface area contributed by atoms with Gasteiger partial charge < -0.3 is 19.5 Å². The van der Waals surface area contributed by atoms with Crippen LogP contribution in [0.5, 0.6) is 0 Å². The molecule has 0 radical (unpaired) electrons. The van der Waals surface area contributed by atoms with Crippen molar-refractivity contribution in [3.63, 3.8) is 0 Å². The lowest BCUT2D eigenvalue weighted by atomic mass is 9.94. The van der Waals surface area contributed by atoms with Crippen LogP contribution >= 0.6 is 0 Å². The van der Waals surface area contributed by atoms with Crippen LogP contribution in [-0.4, -0.2) is 49.7 Å². The van der Waals surface area contributed by atoms with Crippen LogP contribution in [0, 0.1) is 0 Å². The molecular weight excluding hydrogens is 242 g/mol. The third kappa shape index (κ3) is 4.42. The number of nitrogens with one attached hydrogen (secondary N) is 1. The molecule has 0 aromatic rings. The summed E-state index contributed by atoms with van der Waals surface area (Å²) in [7, 11) is 0. The Morgan fingerprint density at radius 3 is 2.63 bits per heavy atom. The predicted molar refractivity (Wildman–Crippen MR) is 75.4 cm³/mol. The molecule has 19 heavy (non-hydrogen) atoms. The Balaban J connectivity index is 1.60. The van der Waals surface area contributed by atoms with E-state index in [4.69, 9.17) is 14.2 Å². The predicted octanol–water partition coefficient (Wildman–Crippen LogP) is 2.12. The highest BCUT2D eigenvalue weighted by Crippen LogP contribution is 2.37. The largest absolute Gasteiger partial charge is 0.377 e. The lowest BCUT2D eigenvalue weighted by Crippen LogP contribution is -2.44. The van der Waals surface area contributed by atoms with Crippen molar-refractivity contribution in [3.8, 4) is 0 Å². The van der Waals surface area contributed by atoms with Gasteiger partial charge in [-0.25, -0.2) is 0 Å². The fourth-order valence-electron chi connectivity index (χ4n) is 3.18. The SMILES string of the molecule is CC1(C)C[C@@H](NCCOC[C@H]2CCCO2)C(C)(C)O1. The van der Waals surface area contributed by atoms with Crippen LogP contribution in [0.1, 0.15) is 47.0 Å². The van der Waals surface area contributed by atoms with Crippen LogP contribution in [0.3, 0.4) is 0 Å². The minimum Gasteiger partial charge on any atom is -0.377 e. The van der Waals surface area contributed by atoms with Crippen molar-refractivity contribution >= 4 is 0 Å². The van der Waals surface area contributed by atoms with Gasteiger partial charge >= 0.3 is 0 Å². The Morgan fingerprint density at radius 2 is 2.05 bits per heavy atom. The smallest absolute Gasteiger partial charge is 0.0809 e. The second-order valence-corrected chi connectivity index (χ2v) is 6.89. The number of ether oxygens (including phenoxy) is 3. The minimum atomic E-state index is -0.0991. The van der Waals surface area contributed by atoms with Crippen molar-refractivity contribution in [3.05, 3.63) is 0 Å². The zero-order chi connectivity index (χ0) is 13.9. The molecule has 0 aromatic heterocycles. The van der Waals surface area contributed by atoms with E-state index in [-0.39, 0.29) is 11.2 Å². The zero-order valence-electron chi connectivity index (χ0n) is 12.8. The molecule has 2 atom stereocenters. The Morgan fingerprint density at radius 1 is 1.26 bits per heavy atom. The molecule has 2 fully saturated rings. The highest BCUT2D eigenvalue weighted by Gasteiger charge is 2.45. The molecule has 2 aliphatic rings. The first kappa shape index (κ1) is 15.2. The maximum absolute atomic E-state index is 6.06. The third-order valence-electron chi connectivity index (χ3n) is 4.04. The van der Waals surface area contributed by atoms with E-state index in [9.17, 15) is 0 Å². The van der Waals surface area contributed by atoms with E-state index in [1.807, 2.05) is 0 Å². The summed E-state index contributed by atoms with van der Waals surface area (Å²) in [5, 5.41) is 3.56. The molecule has 4 heteroatoms. The van der Waals surface area contributed by atoms with E-state index in [1.54, 1.807) is 0 Å². The van der Waals surface area contributed by atoms with Gasteiger partial charge in [0.15, 0.2) is 0 Å². The molecule has 0 bridgehead atoms. The van der Waals surface area contributed by atoms with Crippen molar-refractivity contribution in [1.29, 1.82) is 0 Å². The van der Waals surface area contributed by atoms with Crippen molar-refractivity contribution in [2.75, 3.05) is 26.4 Å². The molecule has 0 unspecified atom stereocenters. The van der Waals surface area contributed by atoms with Crippen LogP contribution in [-0.2, 0) is 14.2 Å². The van der Waals surface area contributed by atoms with Gasteiger partial charge in [0.25, 0.3) is 0 Å². The molecule has 2 heterocycles. The van der Waals surface area contributed by atoms with E-state index in [1.165, 1.54) is 6.42 Å². The average molecular weight is 271 g/mol. The molecule has 1 N–H and O–H groups in total. The van der Waals surface area contributed by atoms with Gasteiger partial charge in [0.1, 0.15) is 0 Å². The average Bonchev–Trinajstić information content (AvgIpc) is 2.84. The summed E-state index contributed by atoms with van der Waals surface area (Å²) in [6, 6.07) is 0.397. The monoisotopic (exact) mass is 271 g/mol. The van der Waals surface area contributed by atoms with Crippen molar-refractivity contribution in [2.24, 2.45) is 0 Å². The van der Waals surface area contributed by atoms with E-state index >= 15 is 0 Å². The minimum absolute atomic E-state index is 0.0281. The number of hydrogen-bond donors (Lipinski definition) is 1. The van der Waals surface area contributed by atoms with E-state index in [2.05, 4.69) is 33.0 Å². The highest BCUT2D eigenvalue weighted by molar-refractivity contribution is 4.98. The van der Waals surface area contributed by atoms with Crippen LogP contribution in [0.2, 0.25) is 0 Å². The van der Waals surface area contributed by atoms with E-state index in [0.29, 0.717) is 12.1 Å². The second-order valence-electron chi connectivity index (χ2n) is 6.89. The van der Waals surface area contributed by atoms with Gasteiger partial charge in [-0.1, -0.05) is 0 Å². The molecule has 2 rings (SSSR count). The summed E-state index contributed by atoms with van der Waals surface area (Å²) in [6.45, 7) is 11.9. The van der Waals surface area contributed by atoms with Crippen LogP contribution < -0.4 is 5.32 Å². The van der Waals surface area contributed by atoms with Gasteiger partial charge in [-0.3, -0.25) is 0 Å². The molecule has 0 aliphatic carbocycles. The van der Waals surface area contributed by atoms with Gasteiger partial charge in [0, 0.05) is 19.2 Å². The molecule has 2 saturated heterocycles. The molecule has 0 saturated carbocycles. The molecule has 112 valence electrons. The second kappa shape index (κ2) is 6.08. The van der Waals surface area contributed by atoms with Crippen molar-refractivity contribution < 1.29 is 14.2 Å². The van der Waals surface area contributed by atoms with Gasteiger partial charge in [-0.05, 0) is 47.0 Å². The molecule has 0 spiro atoms. The quantitative estimate of drug-likeness (QED) is 0.751. The summed E-state index contributed by atoms with van der Waals surface area (Å²) in [4.78, 5) is 0. The summed E-state index contributed by atoms with van der Waals surface area (Å²) >= 11 is 0. The summed E-state index contributed by atoms with van der Waals surface area (Å²) in [6.07, 6.45) is 3.69. The Labute approximate surface area is 117 Å². The summed E-state index contributed by atoms with van der Waals surface area (Å²) < 4.78 is 17.3. The van der Waals surface area contributed by atoms with Gasteiger partial charge in [0.2, 0.25) is 0 Å². The van der Waals surface area contributed by atoms with Crippen molar-refractivity contribution in [2.45, 2.75) is 70.3 Å². The standard InChI is InChI=1S/C15H29NO3/c1-14(2)10-13(15(3,4)19-14)16-7-9-17-11-12-6-5-8-18-12/h12-13,16H,5-11H2,1-4H3/t12-,13-/m1/s1. The first-order valence-corrected chi connectivity index (χ1v) is 7.52. The van der Waals surface area contributed by atoms with Gasteiger partial charge in [-0.2, -0.15) is 0 Å². The topological polar surface area (TPSA) is 39.7 Å². The number of hydrogen-bond acceptors (Lipinski definition) is 4. The third-order valence-corrected chi connectivity index (χ3v) is 4.04. The fourth-order valence-corrected chi connectivity index (χ4v) is 3.18. The molecule has 4 nitrogen and oxygen atoms in total. The van der Waals surface area contributed by atoms with Crippen molar-refractivity contribution in [1.82, 2.24) is 5.32 Å². The lowest BCUT2D eigenvalue weighted by Gasteiger charge is -2.27. The fraction of sp³-hybridized carbons (Fsp3) is 1.00. The van der Waals surface area contributed by atoms with E-state index in [0.717, 1.165) is 39.2 Å². The first-order chi connectivity index (χ1) is 8.89.